The van der Waals surface area contributed by atoms with Crippen molar-refractivity contribution >= 4 is 52.5 Å². The lowest BCUT2D eigenvalue weighted by molar-refractivity contribution is 0.0202. The molecule has 0 unspecified atom stereocenters. The minimum Gasteiger partial charge on any atom is -0.444 e. The van der Waals surface area contributed by atoms with Gasteiger partial charge in [0.05, 0.1) is 0 Å². The minimum atomic E-state index is -0.749. The molecule has 0 aliphatic carbocycles. The first-order valence-electron chi connectivity index (χ1n) is 16.7. The van der Waals surface area contributed by atoms with Gasteiger partial charge in [0.15, 0.2) is 0 Å². The van der Waals surface area contributed by atoms with Crippen LogP contribution in [-0.4, -0.2) is 101 Å². The lowest BCUT2D eigenvalue weighted by atomic mass is 9.94. The zero-order valence-corrected chi connectivity index (χ0v) is 31.0. The van der Waals surface area contributed by atoms with Crippen LogP contribution in [0.4, 0.5) is 14.4 Å². The fraction of sp³-hybridized carbons (Fsp3) is 0.583. The highest BCUT2D eigenvalue weighted by atomic mass is 35.5. The van der Waals surface area contributed by atoms with E-state index in [1.165, 1.54) is 9.80 Å². The summed E-state index contributed by atoms with van der Waals surface area (Å²) in [5.74, 6) is -0.827. The molecule has 2 aromatic carbocycles. The maximum Gasteiger partial charge on any atom is 0.410 e. The molecule has 1 aliphatic rings. The van der Waals surface area contributed by atoms with Gasteiger partial charge in [-0.2, -0.15) is 0 Å². The molecule has 0 fully saturated rings. The summed E-state index contributed by atoms with van der Waals surface area (Å²) >= 11 is 6.34. The standard InChI is InChI=1S/C36H51ClN4O8/c1-34(2,3)47-31(44)38-18-11-19-39(32(45)48-35(4,5)6)20-12-21-40(33(46)49-36(7,8)9)22-13-23-41-29(42)25-15-10-14-24-27(37)17-16-26(28(24)25)30(41)43/h10,14-17H,11-13,18-23H2,1-9H3,(H,38,44). The summed E-state index contributed by atoms with van der Waals surface area (Å²) < 4.78 is 16.5. The van der Waals surface area contributed by atoms with Gasteiger partial charge in [-0.15, -0.1) is 0 Å². The van der Waals surface area contributed by atoms with Crippen molar-refractivity contribution in [3.63, 3.8) is 0 Å². The Kier molecular flexibility index (Phi) is 12.9. The molecule has 49 heavy (non-hydrogen) atoms. The van der Waals surface area contributed by atoms with Crippen molar-refractivity contribution in [1.29, 1.82) is 0 Å². The van der Waals surface area contributed by atoms with Gasteiger partial charge < -0.3 is 29.3 Å². The number of carbonyl (C=O) groups is 5. The van der Waals surface area contributed by atoms with E-state index >= 15 is 0 Å². The van der Waals surface area contributed by atoms with Gasteiger partial charge in [0, 0.05) is 66.2 Å². The highest BCUT2D eigenvalue weighted by molar-refractivity contribution is 6.38. The van der Waals surface area contributed by atoms with E-state index in [1.54, 1.807) is 97.5 Å². The Bertz CT molecular complexity index is 1520. The summed E-state index contributed by atoms with van der Waals surface area (Å²) in [5.41, 5.74) is -1.28. The fourth-order valence-corrected chi connectivity index (χ4v) is 5.42. The number of imide groups is 1. The van der Waals surface area contributed by atoms with E-state index in [9.17, 15) is 24.0 Å². The molecule has 3 rings (SSSR count). The summed E-state index contributed by atoms with van der Waals surface area (Å²) in [7, 11) is 0. The second kappa shape index (κ2) is 16.1. The van der Waals surface area contributed by atoms with Crippen molar-refractivity contribution < 1.29 is 38.2 Å². The second-order valence-corrected chi connectivity index (χ2v) is 15.4. The Morgan fingerprint density at radius 2 is 1.18 bits per heavy atom. The van der Waals surface area contributed by atoms with Crippen LogP contribution < -0.4 is 5.32 Å². The summed E-state index contributed by atoms with van der Waals surface area (Å²) in [6.45, 7) is 17.4. The van der Waals surface area contributed by atoms with Crippen LogP contribution in [0, 0.1) is 0 Å². The van der Waals surface area contributed by atoms with Crippen LogP contribution in [0.3, 0.4) is 0 Å². The third-order valence-electron chi connectivity index (χ3n) is 7.18. The maximum atomic E-state index is 13.4. The van der Waals surface area contributed by atoms with Crippen LogP contribution in [0.25, 0.3) is 10.8 Å². The molecular formula is C36H51ClN4O8. The number of nitrogens with one attached hydrogen (secondary N) is 1. The number of hydrogen-bond acceptors (Lipinski definition) is 8. The van der Waals surface area contributed by atoms with E-state index in [-0.39, 0.29) is 32.7 Å². The van der Waals surface area contributed by atoms with Crippen molar-refractivity contribution in [2.75, 3.05) is 39.3 Å². The quantitative estimate of drug-likeness (QED) is 0.139. The minimum absolute atomic E-state index is 0.0874. The van der Waals surface area contributed by atoms with Gasteiger partial charge in [0.2, 0.25) is 0 Å². The molecule has 12 nitrogen and oxygen atoms in total. The van der Waals surface area contributed by atoms with Crippen molar-refractivity contribution in [3.05, 3.63) is 46.5 Å². The van der Waals surface area contributed by atoms with Crippen LogP contribution in [0.5, 0.6) is 0 Å². The fourth-order valence-electron chi connectivity index (χ4n) is 5.20. The molecule has 0 saturated heterocycles. The van der Waals surface area contributed by atoms with E-state index in [1.807, 2.05) is 0 Å². The molecule has 1 aliphatic heterocycles. The Labute approximate surface area is 294 Å². The number of halogens is 1. The van der Waals surface area contributed by atoms with E-state index in [0.717, 1.165) is 0 Å². The molecule has 0 bridgehead atoms. The number of rotatable bonds is 12. The second-order valence-electron chi connectivity index (χ2n) is 15.0. The first kappa shape index (κ1) is 39.4. The number of ether oxygens (including phenoxy) is 3. The topological polar surface area (TPSA) is 135 Å². The Morgan fingerprint density at radius 1 is 0.694 bits per heavy atom. The van der Waals surface area contributed by atoms with Crippen molar-refractivity contribution in [1.82, 2.24) is 20.0 Å². The zero-order chi connectivity index (χ0) is 36.7. The van der Waals surface area contributed by atoms with Crippen LogP contribution in [-0.2, 0) is 14.2 Å². The number of carbonyl (C=O) groups excluding carboxylic acids is 5. The molecule has 5 amide bonds. The number of benzene rings is 2. The van der Waals surface area contributed by atoms with E-state index < -0.39 is 46.9 Å². The van der Waals surface area contributed by atoms with Crippen LogP contribution in [0.2, 0.25) is 5.02 Å². The average Bonchev–Trinajstić information content (AvgIpc) is 2.95. The number of alkyl carbamates (subject to hydrolysis) is 1. The molecule has 1 heterocycles. The number of amides is 5. The number of nitrogens with zero attached hydrogens (tertiary/aromatic N) is 3. The van der Waals surface area contributed by atoms with Gasteiger partial charge in [-0.05, 0) is 99.8 Å². The molecule has 0 saturated carbocycles. The van der Waals surface area contributed by atoms with Crippen molar-refractivity contribution in [3.8, 4) is 0 Å². The maximum absolute atomic E-state index is 13.4. The van der Waals surface area contributed by atoms with Gasteiger partial charge in [-0.1, -0.05) is 23.7 Å². The Morgan fingerprint density at radius 3 is 1.71 bits per heavy atom. The lowest BCUT2D eigenvalue weighted by Crippen LogP contribution is -2.44. The monoisotopic (exact) mass is 702 g/mol. The van der Waals surface area contributed by atoms with Gasteiger partial charge in [0.1, 0.15) is 16.8 Å². The normalized spacial score (nSPS) is 13.3. The molecular weight excluding hydrogens is 652 g/mol. The van der Waals surface area contributed by atoms with Gasteiger partial charge >= 0.3 is 18.3 Å². The van der Waals surface area contributed by atoms with Gasteiger partial charge in [0.25, 0.3) is 11.8 Å². The summed E-state index contributed by atoms with van der Waals surface area (Å²) in [4.78, 5) is 69.5. The molecule has 1 N–H and O–H groups in total. The predicted octanol–water partition coefficient (Wildman–Crippen LogP) is 7.26. The SMILES string of the molecule is CC(C)(C)OC(=O)NCCCN(CCCN(CCCN1C(=O)c2cccc3c(Cl)ccc(c23)C1=O)C(=O)OC(C)(C)C)C(=O)OC(C)(C)C. The Balaban J connectivity index is 1.65. The third kappa shape index (κ3) is 11.8. The van der Waals surface area contributed by atoms with E-state index in [4.69, 9.17) is 25.8 Å². The highest BCUT2D eigenvalue weighted by Gasteiger charge is 2.33. The smallest absolute Gasteiger partial charge is 0.410 e. The molecule has 0 aromatic heterocycles. The lowest BCUT2D eigenvalue weighted by Gasteiger charge is -2.31. The third-order valence-corrected chi connectivity index (χ3v) is 7.51. The zero-order valence-electron chi connectivity index (χ0n) is 30.2. The predicted molar refractivity (Wildman–Crippen MR) is 188 cm³/mol. The summed E-state index contributed by atoms with van der Waals surface area (Å²) in [6.07, 6.45) is -0.429. The van der Waals surface area contributed by atoms with Gasteiger partial charge in [-0.3, -0.25) is 14.5 Å². The Hall–Kier alpha value is -4.06. The number of hydrogen-bond donors (Lipinski definition) is 1. The van der Waals surface area contributed by atoms with Crippen LogP contribution in [0.1, 0.15) is 102 Å². The molecule has 13 heteroatoms. The van der Waals surface area contributed by atoms with Gasteiger partial charge in [-0.25, -0.2) is 14.4 Å². The highest BCUT2D eigenvalue weighted by Crippen LogP contribution is 2.34. The van der Waals surface area contributed by atoms with Crippen LogP contribution in [0.15, 0.2) is 30.3 Å². The van der Waals surface area contributed by atoms with E-state index in [0.29, 0.717) is 52.7 Å². The molecule has 270 valence electrons. The first-order chi connectivity index (χ1) is 22.7. The summed E-state index contributed by atoms with van der Waals surface area (Å²) in [5, 5.41) is 4.35. The molecule has 0 atom stereocenters. The van der Waals surface area contributed by atoms with Crippen molar-refractivity contribution in [2.24, 2.45) is 0 Å². The summed E-state index contributed by atoms with van der Waals surface area (Å²) in [6, 6.07) is 8.48. The largest absolute Gasteiger partial charge is 0.444 e. The molecule has 0 spiro atoms. The molecule has 2 aromatic rings. The van der Waals surface area contributed by atoms with Crippen LogP contribution >= 0.6 is 11.6 Å². The first-order valence-corrected chi connectivity index (χ1v) is 17.0. The van der Waals surface area contributed by atoms with Crippen molar-refractivity contribution in [2.45, 2.75) is 98.4 Å². The molecule has 0 radical (unpaired) electrons. The van der Waals surface area contributed by atoms with E-state index in [2.05, 4.69) is 5.32 Å². The average molecular weight is 703 g/mol.